The van der Waals surface area contributed by atoms with Crippen molar-refractivity contribution in [2.45, 2.75) is 61.7 Å². The van der Waals surface area contributed by atoms with E-state index < -0.39 is 54.7 Å². The lowest BCUT2D eigenvalue weighted by molar-refractivity contribution is -0.444. The van der Waals surface area contributed by atoms with E-state index in [1.54, 1.807) is 0 Å². The zero-order valence-electron chi connectivity index (χ0n) is 11.4. The first kappa shape index (κ1) is 23.1. The molecule has 0 heterocycles. The zero-order chi connectivity index (χ0) is 20.0. The first-order chi connectivity index (χ1) is 10.2. The summed E-state index contributed by atoms with van der Waals surface area (Å²) >= 11 is 0. The van der Waals surface area contributed by atoms with Crippen LogP contribution >= 0.6 is 0 Å². The molecule has 0 fully saturated rings. The summed E-state index contributed by atoms with van der Waals surface area (Å²) in [5, 5.41) is 8.69. The molecule has 0 amide bonds. The molecule has 0 rings (SSSR count). The Morgan fingerprint density at radius 3 is 1.25 bits per heavy atom. The van der Waals surface area contributed by atoms with Crippen molar-refractivity contribution in [2.75, 3.05) is 0 Å². The smallest absolute Gasteiger partial charge is 0.387 e. The molecule has 0 aliphatic rings. The molecule has 0 spiro atoms. The molecule has 0 aromatic heterocycles. The molecule has 14 heteroatoms. The van der Waals surface area contributed by atoms with Crippen molar-refractivity contribution >= 4 is 0 Å². The van der Waals surface area contributed by atoms with Crippen LogP contribution in [0.1, 0.15) is 19.8 Å². The van der Waals surface area contributed by atoms with Crippen molar-refractivity contribution in [1.29, 1.82) is 0 Å². The van der Waals surface area contributed by atoms with Crippen LogP contribution in [0.15, 0.2) is 0 Å². The van der Waals surface area contributed by atoms with Gasteiger partial charge in [-0.05, 0) is 6.42 Å². The lowest BCUT2D eigenvalue weighted by Gasteiger charge is -2.40. The van der Waals surface area contributed by atoms with E-state index in [9.17, 15) is 57.1 Å². The Labute approximate surface area is 125 Å². The van der Waals surface area contributed by atoms with E-state index in [1.807, 2.05) is 0 Å². The molecule has 1 N–H and O–H groups in total. The average molecular weight is 392 g/mol. The van der Waals surface area contributed by atoms with E-state index >= 15 is 0 Å². The van der Waals surface area contributed by atoms with Crippen molar-refractivity contribution in [3.05, 3.63) is 0 Å². The van der Waals surface area contributed by atoms with Gasteiger partial charge in [-0.15, -0.1) is 0 Å². The number of alkyl halides is 13. The quantitative estimate of drug-likeness (QED) is 0.612. The summed E-state index contributed by atoms with van der Waals surface area (Å²) in [4.78, 5) is 0. The first-order valence-electron chi connectivity index (χ1n) is 5.87. The maximum Gasteiger partial charge on any atom is 0.460 e. The summed E-state index contributed by atoms with van der Waals surface area (Å²) in [6.07, 6.45) is -13.0. The molecule has 0 aromatic rings. The van der Waals surface area contributed by atoms with Gasteiger partial charge >= 0.3 is 35.8 Å². The Hall–Kier alpha value is -0.950. The molecule has 0 aromatic carbocycles. The van der Waals surface area contributed by atoms with Crippen molar-refractivity contribution in [3.63, 3.8) is 0 Å². The highest BCUT2D eigenvalue weighted by Crippen LogP contribution is 2.60. The summed E-state index contributed by atoms with van der Waals surface area (Å²) in [6.45, 7) is 0.974. The van der Waals surface area contributed by atoms with Gasteiger partial charge in [-0.3, -0.25) is 0 Å². The molecule has 24 heavy (non-hydrogen) atoms. The number of hydrogen-bond acceptors (Lipinski definition) is 1. The molecule has 1 atom stereocenters. The minimum Gasteiger partial charge on any atom is -0.387 e. The van der Waals surface area contributed by atoms with Gasteiger partial charge in [-0.1, -0.05) is 13.3 Å². The van der Waals surface area contributed by atoms with Gasteiger partial charge in [0.1, 0.15) is 6.10 Å². The van der Waals surface area contributed by atoms with E-state index in [1.165, 1.54) is 0 Å². The van der Waals surface area contributed by atoms with Crippen LogP contribution in [0, 0.1) is 0 Å². The minimum absolute atomic E-state index is 0.548. The highest BCUT2D eigenvalue weighted by Gasteiger charge is 2.91. The van der Waals surface area contributed by atoms with E-state index in [0.717, 1.165) is 6.92 Å². The normalized spacial score (nSPS) is 17.1. The van der Waals surface area contributed by atoms with Gasteiger partial charge in [-0.25, -0.2) is 0 Å². The predicted octanol–water partition coefficient (Wildman–Crippen LogP) is 4.89. The van der Waals surface area contributed by atoms with Gasteiger partial charge in [0.15, 0.2) is 0 Å². The Kier molecular flexibility index (Phi) is 5.85. The van der Waals surface area contributed by atoms with Crippen molar-refractivity contribution in [1.82, 2.24) is 0 Å². The molecular formula is C10H9F13O. The van der Waals surface area contributed by atoms with Crippen LogP contribution in [0.25, 0.3) is 0 Å². The number of aliphatic hydroxyl groups excluding tert-OH is 1. The molecule has 0 radical (unpaired) electrons. The topological polar surface area (TPSA) is 20.2 Å². The summed E-state index contributed by atoms with van der Waals surface area (Å²) in [5.74, 6) is -37.4. The van der Waals surface area contributed by atoms with E-state index in [-0.39, 0.29) is 0 Å². The molecular weight excluding hydrogens is 383 g/mol. The average Bonchev–Trinajstić information content (AvgIpc) is 2.36. The van der Waals surface area contributed by atoms with Gasteiger partial charge in [0.2, 0.25) is 0 Å². The molecule has 0 saturated carbocycles. The van der Waals surface area contributed by atoms with E-state index in [4.69, 9.17) is 5.11 Å². The van der Waals surface area contributed by atoms with Gasteiger partial charge < -0.3 is 5.11 Å². The van der Waals surface area contributed by atoms with Crippen LogP contribution in [0.3, 0.4) is 0 Å². The first-order valence-corrected chi connectivity index (χ1v) is 5.87. The zero-order valence-corrected chi connectivity index (χ0v) is 11.4. The fraction of sp³-hybridized carbons (Fsp3) is 1.00. The monoisotopic (exact) mass is 392 g/mol. The van der Waals surface area contributed by atoms with Crippen LogP contribution < -0.4 is 0 Å². The standard InChI is InChI=1S/C10H9F13O/c1-2-3-4(24)5(11,12)6(13,14)7(15,16)8(17,18)9(19,20)10(21,22)23/h4,24H,2-3H2,1H3. The fourth-order valence-corrected chi connectivity index (χ4v) is 1.45. The van der Waals surface area contributed by atoms with Gasteiger partial charge in [0.25, 0.3) is 0 Å². The Balaban J connectivity index is 6.20. The van der Waals surface area contributed by atoms with Crippen LogP contribution in [-0.2, 0) is 0 Å². The number of hydrogen-bond donors (Lipinski definition) is 1. The summed E-state index contributed by atoms with van der Waals surface area (Å²) in [6, 6.07) is 0. The number of halogens is 13. The Bertz CT molecular complexity index is 439. The molecule has 146 valence electrons. The van der Waals surface area contributed by atoms with Crippen molar-refractivity contribution in [2.24, 2.45) is 0 Å². The van der Waals surface area contributed by atoms with Crippen LogP contribution in [0.2, 0.25) is 0 Å². The molecule has 0 aliphatic heterocycles. The Morgan fingerprint density at radius 2 is 0.958 bits per heavy atom. The largest absolute Gasteiger partial charge is 0.460 e. The molecule has 1 nitrogen and oxygen atoms in total. The molecule has 1 unspecified atom stereocenters. The minimum atomic E-state index is -7.93. The van der Waals surface area contributed by atoms with E-state index in [2.05, 4.69) is 0 Å². The fourth-order valence-electron chi connectivity index (χ4n) is 1.45. The second kappa shape index (κ2) is 6.09. The SMILES string of the molecule is CCCC(O)C(F)(F)C(F)(F)C(F)(F)C(F)(F)C(F)(F)C(F)(F)F. The van der Waals surface area contributed by atoms with Crippen LogP contribution in [0.4, 0.5) is 57.1 Å². The second-order valence-electron chi connectivity index (χ2n) is 4.72. The number of rotatable bonds is 7. The highest BCUT2D eigenvalue weighted by atomic mass is 19.4. The van der Waals surface area contributed by atoms with E-state index in [0.29, 0.717) is 0 Å². The lowest BCUT2D eigenvalue weighted by Crippen LogP contribution is -2.71. The van der Waals surface area contributed by atoms with Crippen molar-refractivity contribution < 1.29 is 62.2 Å². The highest BCUT2D eigenvalue weighted by molar-refractivity contribution is 5.11. The third-order valence-corrected chi connectivity index (χ3v) is 2.94. The van der Waals surface area contributed by atoms with Crippen LogP contribution in [0.5, 0.6) is 0 Å². The third-order valence-electron chi connectivity index (χ3n) is 2.94. The molecule has 0 saturated heterocycles. The summed E-state index contributed by atoms with van der Waals surface area (Å²) in [7, 11) is 0. The Morgan fingerprint density at radius 1 is 0.625 bits per heavy atom. The maximum absolute atomic E-state index is 13.2. The molecule has 0 aliphatic carbocycles. The van der Waals surface area contributed by atoms with Gasteiger partial charge in [0.05, 0.1) is 0 Å². The second-order valence-corrected chi connectivity index (χ2v) is 4.72. The lowest BCUT2D eigenvalue weighted by atomic mass is 9.90. The number of aliphatic hydroxyl groups is 1. The summed E-state index contributed by atoms with van der Waals surface area (Å²) in [5.41, 5.74) is 0. The van der Waals surface area contributed by atoms with Crippen LogP contribution in [-0.4, -0.2) is 47.0 Å². The maximum atomic E-state index is 13.2. The third kappa shape index (κ3) is 3.01. The van der Waals surface area contributed by atoms with Gasteiger partial charge in [0, 0.05) is 0 Å². The molecule has 0 bridgehead atoms. The van der Waals surface area contributed by atoms with Gasteiger partial charge in [-0.2, -0.15) is 57.1 Å². The van der Waals surface area contributed by atoms with Crippen molar-refractivity contribution in [3.8, 4) is 0 Å². The predicted molar refractivity (Wildman–Crippen MR) is 51.7 cm³/mol. The summed E-state index contributed by atoms with van der Waals surface area (Å²) < 4.78 is 165.